The quantitative estimate of drug-likeness (QED) is 0.0421. The van der Waals surface area contributed by atoms with Crippen LogP contribution in [0.15, 0.2) is 193 Å². The molecule has 136 heavy (non-hydrogen) atoms. The third-order valence-corrected chi connectivity index (χ3v) is 30.5. The fourth-order valence-corrected chi connectivity index (χ4v) is 20.1. The van der Waals surface area contributed by atoms with Crippen molar-refractivity contribution in [1.29, 1.82) is 0 Å². The average molecular weight is 1830 g/mol. The number of aromatic nitrogens is 12. The van der Waals surface area contributed by atoms with E-state index in [1.165, 1.54) is 103 Å². The second kappa shape index (κ2) is 40.6. The molecule has 704 valence electrons. The number of fused-ring (bicyclic) bond motifs is 4. The molecule has 4 atom stereocenters. The summed E-state index contributed by atoms with van der Waals surface area (Å²) < 4.78 is 59.2. The van der Waals surface area contributed by atoms with Gasteiger partial charge in [-0.2, -0.15) is 0 Å². The van der Waals surface area contributed by atoms with Crippen LogP contribution in [0.4, 0.5) is 76.0 Å². The number of likely N-dealkylation sites (tertiary alicyclic amines) is 1. The summed E-state index contributed by atoms with van der Waals surface area (Å²) in [4.78, 5) is 64.7. The minimum absolute atomic E-state index is 0.0318. The number of likely N-dealkylation sites (N-methyl/N-ethyl adjacent to an activating group) is 2. The number of rotatable bonds is 21. The number of anilines is 10. The topological polar surface area (TPSA) is 231 Å². The number of allylic oxidation sites excluding steroid dienone is 4. The van der Waals surface area contributed by atoms with Crippen molar-refractivity contribution in [2.45, 2.75) is 175 Å². The van der Waals surface area contributed by atoms with Gasteiger partial charge in [0.1, 0.15) is 46.0 Å². The van der Waals surface area contributed by atoms with Crippen LogP contribution in [0.3, 0.4) is 0 Å². The lowest BCUT2D eigenvalue weighted by atomic mass is 9.77. The maximum absolute atomic E-state index is 14.8. The molecule has 5 N–H and O–H groups in total. The predicted molar refractivity (Wildman–Crippen MR) is 543 cm³/mol. The molecule has 4 fully saturated rings. The minimum atomic E-state index is -0.440. The largest absolute Gasteiger partial charge is 0.368 e. The van der Waals surface area contributed by atoms with Gasteiger partial charge >= 0.3 is 0 Å². The van der Waals surface area contributed by atoms with E-state index in [1.54, 1.807) is 0 Å². The summed E-state index contributed by atoms with van der Waals surface area (Å²) in [5.74, 6) is 3.24. The maximum atomic E-state index is 14.8. The zero-order valence-electron chi connectivity index (χ0n) is 81.1. The van der Waals surface area contributed by atoms with Crippen molar-refractivity contribution in [1.82, 2.24) is 79.8 Å². The molecule has 0 bridgehead atoms. The fourth-order valence-electron chi connectivity index (χ4n) is 20.1. The molecule has 0 saturated carbocycles. The van der Waals surface area contributed by atoms with Gasteiger partial charge in [0, 0.05) is 109 Å². The van der Waals surface area contributed by atoms with Crippen LogP contribution in [0.2, 0.25) is 0 Å². The van der Waals surface area contributed by atoms with Crippen molar-refractivity contribution in [3.63, 3.8) is 0 Å². The number of piperidine rings is 2. The molecule has 4 aliphatic heterocycles. The van der Waals surface area contributed by atoms with E-state index in [0.29, 0.717) is 76.0 Å². The van der Waals surface area contributed by atoms with Gasteiger partial charge < -0.3 is 51.1 Å². The Bertz CT molecular complexity index is 6260. The van der Waals surface area contributed by atoms with Crippen LogP contribution in [0.25, 0.3) is 69.3 Å². The number of nitrogens with zero attached hydrogens (tertiary/aromatic N) is 17. The Morgan fingerprint density at radius 2 is 0.618 bits per heavy atom. The summed E-state index contributed by atoms with van der Waals surface area (Å²) in [6, 6.07) is 40.4. The molecule has 4 aliphatic carbocycles. The number of hydrogen-bond donors (Lipinski definition) is 5. The molecule has 4 unspecified atom stereocenters. The minimum Gasteiger partial charge on any atom is -0.368 e. The van der Waals surface area contributed by atoms with Crippen LogP contribution in [0.5, 0.6) is 0 Å². The van der Waals surface area contributed by atoms with E-state index < -0.39 is 23.3 Å². The van der Waals surface area contributed by atoms with Crippen molar-refractivity contribution >= 4 is 82.7 Å². The number of pyridine rings is 4. The number of benzene rings is 4. The Hall–Kier alpha value is -12.9. The van der Waals surface area contributed by atoms with Crippen LogP contribution < -0.4 is 36.4 Å². The van der Waals surface area contributed by atoms with Crippen LogP contribution in [0, 0.1) is 23.3 Å². The summed E-state index contributed by atoms with van der Waals surface area (Å²) in [5.41, 5.74) is 23.8. The first-order valence-corrected chi connectivity index (χ1v) is 48.3. The highest BCUT2D eigenvalue weighted by Crippen LogP contribution is 2.50. The van der Waals surface area contributed by atoms with Gasteiger partial charge in [-0.3, -0.25) is 0 Å². The highest BCUT2D eigenvalue weighted by molar-refractivity contribution is 5.79. The Kier molecular flexibility index (Phi) is 28.3. The molecular formula is C110H126F4N22. The first kappa shape index (κ1) is 94.9. The van der Waals surface area contributed by atoms with E-state index in [1.807, 2.05) is 79.4 Å². The summed E-state index contributed by atoms with van der Waals surface area (Å²) in [5, 5.41) is 15.9. The van der Waals surface area contributed by atoms with Gasteiger partial charge in [-0.05, 0) is 254 Å². The number of hydrogen-bond acceptors (Lipinski definition) is 22. The Labute approximate surface area is 797 Å². The second-order valence-electron chi connectivity index (χ2n) is 38.4. The van der Waals surface area contributed by atoms with Crippen molar-refractivity contribution in [2.75, 3.05) is 130 Å². The second-order valence-corrected chi connectivity index (χ2v) is 38.4. The van der Waals surface area contributed by atoms with Crippen molar-refractivity contribution < 1.29 is 17.6 Å². The molecule has 8 aromatic heterocycles. The first-order chi connectivity index (χ1) is 65.6. The zero-order chi connectivity index (χ0) is 95.3. The Balaban J connectivity index is 0.000000126. The molecule has 0 radical (unpaired) electrons. The van der Waals surface area contributed by atoms with Crippen molar-refractivity contribution in [2.24, 2.45) is 0 Å². The molecule has 0 amide bonds. The molecular weight excluding hydrogens is 1710 g/mol. The summed E-state index contributed by atoms with van der Waals surface area (Å²) in [6.07, 6.45) is 29.9. The first-order valence-electron chi connectivity index (χ1n) is 48.3. The summed E-state index contributed by atoms with van der Waals surface area (Å²) in [6.45, 7) is 42.2. The van der Waals surface area contributed by atoms with Crippen LogP contribution in [-0.4, -0.2) is 174 Å². The molecule has 12 heterocycles. The molecule has 0 spiro atoms. The van der Waals surface area contributed by atoms with Crippen molar-refractivity contribution in [3.8, 4) is 45.0 Å². The normalized spacial score (nSPS) is 20.4. The standard InChI is InChI=1S/C28H33FN6.C28H32FN5.C27H31FN6.C27H30FN5/c1-5-28(4)19(3)15-20-7-8-21(16-23(20)28)26-24(29)18-31-27(33-26)32-25-10-9-22(17-30-25)35-13-11-34(6-2)12-14-35;1-5-28(3)18(2)14-20-6-7-21(15-23(20)28)26-24(29)17-31-27(33-26)32-25-9-8-22(16-30-25)19-10-12-34(4)13-11-19;1-5-27(3)18(2)14-19-6-7-20(15-22(19)27)25-23(28)17-30-26(32-25)31-24-9-8-21(16-29-24)34-12-10-33(4)11-13-34;1-4-27(3)17(2)13-19-5-6-20(14-22(19)27)25-23(28)16-31-26(33-25)32-24-8-7-21(15-30-24)18-9-11-29-12-10-18/h7-10,15-18H,5-6,11-14H2,1-4H3,(H,30,31,32,33);6-9,14-17,19H,5,10-13H2,1-4H3,(H,30,31,32,33);6-9,14-17H,5,10-13H2,1-4H3,(H,29,30,31,32);5-8,13-16,18,29H,4,9-12H2,1-3H3,(H,30,31,32,33). The summed E-state index contributed by atoms with van der Waals surface area (Å²) >= 11 is 0. The third-order valence-electron chi connectivity index (χ3n) is 30.5. The van der Waals surface area contributed by atoms with Crippen LogP contribution in [0.1, 0.15) is 209 Å². The number of halogens is 4. The predicted octanol–water partition coefficient (Wildman–Crippen LogP) is 23.2. The van der Waals surface area contributed by atoms with E-state index in [9.17, 15) is 17.6 Å². The Morgan fingerprint density at radius 1 is 0.331 bits per heavy atom. The van der Waals surface area contributed by atoms with E-state index in [4.69, 9.17) is 0 Å². The highest BCUT2D eigenvalue weighted by atomic mass is 19.1. The molecule has 8 aliphatic rings. The number of nitrogens with one attached hydrogen (secondary N) is 5. The van der Waals surface area contributed by atoms with Gasteiger partial charge in [-0.1, -0.05) is 170 Å². The average Bonchev–Trinajstić information content (AvgIpc) is 1.61. The van der Waals surface area contributed by atoms with E-state index in [0.717, 1.165) is 170 Å². The third kappa shape index (κ3) is 20.1. The SMILES string of the molecule is CCC1(C)C(C)=Cc2ccc(-c3nc(Nc4ccc(C5CCN(C)CC5)cn4)ncc3F)cc21.CCC1(C)C(C)=Cc2ccc(-c3nc(Nc4ccc(C5CCNCC5)cn4)ncc3F)cc21.CCC1(C)C(C)=Cc2ccc(-c3nc(Nc4ccc(N5CCN(C)CC5)cn4)ncc3F)cc21.CCN1CCN(c2ccc(Nc3ncc(F)c(-c4ccc5c(c4)C(C)(CC)C(C)=C5)n3)nc2)CC1. The molecule has 20 rings (SSSR count). The molecule has 4 aromatic carbocycles. The molecule has 22 nitrogen and oxygen atoms in total. The van der Waals surface area contributed by atoms with Gasteiger partial charge in [0.25, 0.3) is 0 Å². The van der Waals surface area contributed by atoms with Gasteiger partial charge in [0.2, 0.25) is 23.8 Å². The smallest absolute Gasteiger partial charge is 0.229 e. The molecule has 12 aromatic rings. The van der Waals surface area contributed by atoms with Crippen molar-refractivity contribution in [3.05, 3.63) is 272 Å². The van der Waals surface area contributed by atoms with Gasteiger partial charge in [-0.15, -0.1) is 0 Å². The zero-order valence-corrected chi connectivity index (χ0v) is 81.1. The lowest BCUT2D eigenvalue weighted by Gasteiger charge is -2.35. The molecule has 26 heteroatoms. The lowest BCUT2D eigenvalue weighted by molar-refractivity contribution is 0.255. The Morgan fingerprint density at radius 3 is 0.897 bits per heavy atom. The van der Waals surface area contributed by atoms with Gasteiger partial charge in [0.15, 0.2) is 23.3 Å². The van der Waals surface area contributed by atoms with E-state index >= 15 is 0 Å². The van der Waals surface area contributed by atoms with Crippen LogP contribution in [-0.2, 0) is 21.7 Å². The monoisotopic (exact) mass is 1830 g/mol. The van der Waals surface area contributed by atoms with Gasteiger partial charge in [-0.25, -0.2) is 77.4 Å². The highest BCUT2D eigenvalue weighted by Gasteiger charge is 2.39. The lowest BCUT2D eigenvalue weighted by Crippen LogP contribution is -2.46. The van der Waals surface area contributed by atoms with E-state index in [-0.39, 0.29) is 27.4 Å². The van der Waals surface area contributed by atoms with E-state index in [2.05, 4.69) is 306 Å². The molecule has 4 saturated heterocycles. The maximum Gasteiger partial charge on any atom is 0.229 e. The van der Waals surface area contributed by atoms with Gasteiger partial charge in [0.05, 0.1) is 48.6 Å². The fraction of sp³-hybridized carbons (Fsp3) is 0.382. The summed E-state index contributed by atoms with van der Waals surface area (Å²) in [7, 11) is 4.31. The van der Waals surface area contributed by atoms with Crippen LogP contribution >= 0.6 is 0 Å². The number of piperazine rings is 2.